The molecule has 0 aliphatic heterocycles. The molecule has 0 aromatic heterocycles. The number of carboxylic acid groups (broad SMARTS) is 1. The molecule has 0 radical (unpaired) electrons. The molecule has 0 saturated carbocycles. The molecule has 29 heavy (non-hydrogen) atoms. The molecule has 0 unspecified atom stereocenters. The molecule has 0 bridgehead atoms. The lowest BCUT2D eigenvalue weighted by Gasteiger charge is -2.10. The summed E-state index contributed by atoms with van der Waals surface area (Å²) < 4.78 is 0. The van der Waals surface area contributed by atoms with E-state index in [-0.39, 0.29) is 11.8 Å². The van der Waals surface area contributed by atoms with Crippen molar-refractivity contribution in [2.45, 2.75) is 134 Å². The lowest BCUT2D eigenvalue weighted by atomic mass is 10.00. The zero-order chi connectivity index (χ0) is 21.6. The highest BCUT2D eigenvalue weighted by atomic mass is 16.4. The van der Waals surface area contributed by atoms with Crippen molar-refractivity contribution in [3.63, 3.8) is 0 Å². The van der Waals surface area contributed by atoms with Gasteiger partial charge in [-0.2, -0.15) is 0 Å². The number of aliphatic carboxylic acids is 1. The third-order valence-electron chi connectivity index (χ3n) is 5.70. The van der Waals surface area contributed by atoms with Crippen molar-refractivity contribution in [2.75, 3.05) is 6.54 Å². The molecule has 1 atom stereocenters. The van der Waals surface area contributed by atoms with E-state index in [4.69, 9.17) is 16.6 Å². The van der Waals surface area contributed by atoms with E-state index in [2.05, 4.69) is 0 Å². The Bertz CT molecular complexity index is 388. The number of Topliss-reactive ketones (excluding diaryl/α,β-unsaturated/α-hetero) is 1. The molecule has 0 aliphatic carbocycles. The fourth-order valence-electron chi connectivity index (χ4n) is 3.73. The van der Waals surface area contributed by atoms with E-state index >= 15 is 0 Å². The average Bonchev–Trinajstić information content (AvgIpc) is 2.69. The Balaban J connectivity index is 3.20. The Morgan fingerprint density at radius 1 is 0.586 bits per heavy atom. The highest BCUT2D eigenvalue weighted by Gasteiger charge is 2.12. The van der Waals surface area contributed by atoms with Crippen LogP contribution in [0, 0.1) is 0 Å². The Hall–Kier alpha value is -0.940. The number of hydrogen-bond acceptors (Lipinski definition) is 4. The van der Waals surface area contributed by atoms with Crippen molar-refractivity contribution in [1.82, 2.24) is 0 Å². The van der Waals surface area contributed by atoms with E-state index < -0.39 is 5.97 Å². The van der Waals surface area contributed by atoms with Crippen LogP contribution in [0.4, 0.5) is 0 Å². The van der Waals surface area contributed by atoms with Crippen molar-refractivity contribution in [1.29, 1.82) is 0 Å². The smallest absolute Gasteiger partial charge is 0.303 e. The van der Waals surface area contributed by atoms with Crippen molar-refractivity contribution >= 4 is 11.8 Å². The van der Waals surface area contributed by atoms with Gasteiger partial charge < -0.3 is 16.6 Å². The van der Waals surface area contributed by atoms with E-state index in [0.717, 1.165) is 44.9 Å². The molecule has 0 aromatic rings. The first-order valence-electron chi connectivity index (χ1n) is 12.3. The number of ketones is 1. The van der Waals surface area contributed by atoms with Crippen LogP contribution < -0.4 is 11.5 Å². The minimum absolute atomic E-state index is 0.224. The lowest BCUT2D eigenvalue weighted by molar-refractivity contribution is -0.137. The normalized spacial score (nSPS) is 12.2. The third kappa shape index (κ3) is 21.6. The van der Waals surface area contributed by atoms with Crippen LogP contribution in [0.5, 0.6) is 0 Å². The van der Waals surface area contributed by atoms with Gasteiger partial charge in [0.25, 0.3) is 0 Å². The summed E-state index contributed by atoms with van der Waals surface area (Å²) in [5, 5.41) is 8.58. The van der Waals surface area contributed by atoms with Gasteiger partial charge in [0.2, 0.25) is 0 Å². The molecule has 172 valence electrons. The third-order valence-corrected chi connectivity index (χ3v) is 5.70. The summed E-state index contributed by atoms with van der Waals surface area (Å²) in [6, 6.07) is -0.279. The van der Waals surface area contributed by atoms with Gasteiger partial charge in [-0.15, -0.1) is 0 Å². The van der Waals surface area contributed by atoms with E-state index in [9.17, 15) is 9.59 Å². The fraction of sp³-hybridized carbons (Fsp3) is 0.917. The molecule has 0 heterocycles. The number of carbonyl (C=O) groups is 2. The molecular formula is C24H48N2O3. The van der Waals surface area contributed by atoms with Crippen LogP contribution in [0.3, 0.4) is 0 Å². The van der Waals surface area contributed by atoms with Crippen LogP contribution in [-0.4, -0.2) is 29.4 Å². The molecule has 0 amide bonds. The fourth-order valence-corrected chi connectivity index (χ4v) is 3.73. The summed E-state index contributed by atoms with van der Waals surface area (Å²) >= 11 is 0. The topological polar surface area (TPSA) is 106 Å². The van der Waals surface area contributed by atoms with Gasteiger partial charge >= 0.3 is 5.97 Å². The summed E-state index contributed by atoms with van der Waals surface area (Å²) in [5.41, 5.74) is 11.4. The first-order chi connectivity index (χ1) is 14.1. The summed E-state index contributed by atoms with van der Waals surface area (Å²) in [4.78, 5) is 22.3. The van der Waals surface area contributed by atoms with Crippen LogP contribution in [0.2, 0.25) is 0 Å². The maximum absolute atomic E-state index is 11.9. The van der Waals surface area contributed by atoms with Crippen LogP contribution >= 0.6 is 0 Å². The Morgan fingerprint density at radius 2 is 0.966 bits per heavy atom. The molecular weight excluding hydrogens is 364 g/mol. The van der Waals surface area contributed by atoms with Gasteiger partial charge in [-0.25, -0.2) is 0 Å². The second-order valence-corrected chi connectivity index (χ2v) is 8.55. The van der Waals surface area contributed by atoms with Crippen LogP contribution in [0.25, 0.3) is 0 Å². The summed E-state index contributed by atoms with van der Waals surface area (Å²) in [5.74, 6) is -0.447. The molecule has 0 fully saturated rings. The van der Waals surface area contributed by atoms with Gasteiger partial charge in [-0.3, -0.25) is 9.59 Å². The molecule has 5 heteroatoms. The second-order valence-electron chi connectivity index (χ2n) is 8.55. The minimum Gasteiger partial charge on any atom is -0.481 e. The van der Waals surface area contributed by atoms with E-state index in [1.165, 1.54) is 70.6 Å². The molecule has 0 rings (SSSR count). The van der Waals surface area contributed by atoms with Crippen LogP contribution in [-0.2, 0) is 9.59 Å². The Kier molecular flexibility index (Phi) is 21.1. The minimum atomic E-state index is -0.672. The maximum atomic E-state index is 11.9. The molecule has 5 nitrogen and oxygen atoms in total. The van der Waals surface area contributed by atoms with E-state index in [0.29, 0.717) is 19.4 Å². The number of rotatable bonds is 23. The number of carbonyl (C=O) groups excluding carboxylic acids is 1. The average molecular weight is 413 g/mol. The standard InChI is InChI=1S/C24H48N2O3/c25-21-17-16-18-22(26)23(27)19-14-12-10-8-6-4-2-1-3-5-7-9-11-13-15-20-24(28)29/h22H,1-21,25-26H2,(H,28,29)/t22-/m0/s1. The highest BCUT2D eigenvalue weighted by molar-refractivity contribution is 5.83. The summed E-state index contributed by atoms with van der Waals surface area (Å²) in [6.07, 6.45) is 21.9. The number of unbranched alkanes of at least 4 members (excludes halogenated alkanes) is 15. The maximum Gasteiger partial charge on any atom is 0.303 e. The quantitative estimate of drug-likeness (QED) is 0.186. The van der Waals surface area contributed by atoms with E-state index in [1.807, 2.05) is 0 Å². The van der Waals surface area contributed by atoms with Gasteiger partial charge in [0.05, 0.1) is 6.04 Å². The Labute approximate surface area is 179 Å². The van der Waals surface area contributed by atoms with Gasteiger partial charge in [0, 0.05) is 12.8 Å². The predicted octanol–water partition coefficient (Wildman–Crippen LogP) is 5.73. The summed E-state index contributed by atoms with van der Waals surface area (Å²) in [7, 11) is 0. The molecule has 0 saturated heterocycles. The summed E-state index contributed by atoms with van der Waals surface area (Å²) in [6.45, 7) is 0.679. The van der Waals surface area contributed by atoms with Crippen molar-refractivity contribution in [3.05, 3.63) is 0 Å². The number of hydrogen-bond donors (Lipinski definition) is 3. The first kappa shape index (κ1) is 28.1. The highest BCUT2D eigenvalue weighted by Crippen LogP contribution is 2.14. The number of nitrogens with two attached hydrogens (primary N) is 2. The second kappa shape index (κ2) is 21.8. The van der Waals surface area contributed by atoms with Crippen molar-refractivity contribution in [3.8, 4) is 0 Å². The van der Waals surface area contributed by atoms with E-state index in [1.54, 1.807) is 0 Å². The predicted molar refractivity (Wildman–Crippen MR) is 122 cm³/mol. The largest absolute Gasteiger partial charge is 0.481 e. The zero-order valence-corrected chi connectivity index (χ0v) is 18.8. The molecule has 0 aliphatic rings. The molecule has 0 spiro atoms. The van der Waals surface area contributed by atoms with Crippen molar-refractivity contribution < 1.29 is 14.7 Å². The van der Waals surface area contributed by atoms with Gasteiger partial charge in [-0.05, 0) is 32.2 Å². The Morgan fingerprint density at radius 3 is 1.34 bits per heavy atom. The van der Waals surface area contributed by atoms with Gasteiger partial charge in [0.15, 0.2) is 0 Å². The SMILES string of the molecule is NCCCC[C@H](N)C(=O)CCCCCCCCCCCCCCCCCC(=O)O. The first-order valence-corrected chi connectivity index (χ1v) is 12.3. The van der Waals surface area contributed by atoms with Crippen LogP contribution in [0.15, 0.2) is 0 Å². The molecule has 5 N–H and O–H groups in total. The molecule has 0 aromatic carbocycles. The van der Waals surface area contributed by atoms with Crippen molar-refractivity contribution in [2.24, 2.45) is 11.5 Å². The monoisotopic (exact) mass is 412 g/mol. The zero-order valence-electron chi connectivity index (χ0n) is 18.8. The van der Waals surface area contributed by atoms with Gasteiger partial charge in [0.1, 0.15) is 5.78 Å². The van der Waals surface area contributed by atoms with Crippen LogP contribution in [0.1, 0.15) is 128 Å². The van der Waals surface area contributed by atoms with Gasteiger partial charge in [-0.1, -0.05) is 89.9 Å². The lowest BCUT2D eigenvalue weighted by Crippen LogP contribution is -2.30. The number of carboxylic acids is 1.